The van der Waals surface area contributed by atoms with Crippen LogP contribution in [0.1, 0.15) is 55.2 Å². The van der Waals surface area contributed by atoms with Crippen molar-refractivity contribution in [1.82, 2.24) is 20.2 Å². The summed E-state index contributed by atoms with van der Waals surface area (Å²) < 4.78 is 4.97. The lowest BCUT2D eigenvalue weighted by molar-refractivity contribution is -0.134. The van der Waals surface area contributed by atoms with E-state index in [1.54, 1.807) is 6.07 Å². The Morgan fingerprint density at radius 1 is 1.33 bits per heavy atom. The fourth-order valence-electron chi connectivity index (χ4n) is 4.21. The fraction of sp³-hybridized carbons (Fsp3) is 0.684. The molecule has 0 unspecified atom stereocenters. The van der Waals surface area contributed by atoms with Crippen LogP contribution in [0, 0.1) is 11.8 Å². The van der Waals surface area contributed by atoms with Gasteiger partial charge < -0.3 is 20.7 Å². The zero-order valence-corrected chi connectivity index (χ0v) is 16.3. The van der Waals surface area contributed by atoms with E-state index in [4.69, 9.17) is 10.5 Å². The third kappa shape index (κ3) is 4.37. The largest absolute Gasteiger partial charge is 0.375 e. The number of hydrogen-bond acceptors (Lipinski definition) is 6. The molecule has 1 aliphatic carbocycles. The molecule has 1 saturated carbocycles. The van der Waals surface area contributed by atoms with E-state index in [-0.39, 0.29) is 42.2 Å². The van der Waals surface area contributed by atoms with Gasteiger partial charge in [-0.2, -0.15) is 0 Å². The average Bonchev–Trinajstić information content (AvgIpc) is 3.07. The molecule has 1 aromatic rings. The molecule has 0 aromatic carbocycles. The van der Waals surface area contributed by atoms with Crippen LogP contribution in [0.25, 0.3) is 0 Å². The van der Waals surface area contributed by atoms with Gasteiger partial charge in [0.1, 0.15) is 12.3 Å². The number of nitrogens with zero attached hydrogens (tertiary/aromatic N) is 3. The second-order valence-corrected chi connectivity index (χ2v) is 7.86. The quantitative estimate of drug-likeness (QED) is 0.800. The second kappa shape index (κ2) is 8.21. The number of carbonyl (C=O) groups is 2. The van der Waals surface area contributed by atoms with Gasteiger partial charge in [0.05, 0.1) is 0 Å². The van der Waals surface area contributed by atoms with Crippen LogP contribution >= 0.6 is 0 Å². The number of methoxy groups -OCH3 is 1. The zero-order chi connectivity index (χ0) is 19.6. The second-order valence-electron chi connectivity index (χ2n) is 7.86. The highest BCUT2D eigenvalue weighted by atomic mass is 16.5. The van der Waals surface area contributed by atoms with Gasteiger partial charge in [-0.25, -0.2) is 9.97 Å². The molecule has 3 rings (SSSR count). The summed E-state index contributed by atoms with van der Waals surface area (Å²) in [7, 11) is 1.53. The summed E-state index contributed by atoms with van der Waals surface area (Å²) in [6.45, 7) is 5.52. The molecule has 2 fully saturated rings. The van der Waals surface area contributed by atoms with Crippen molar-refractivity contribution in [3.8, 4) is 0 Å². The number of aromatic nitrogens is 2. The Balaban J connectivity index is 1.70. The van der Waals surface area contributed by atoms with Crippen LogP contribution in [0.3, 0.4) is 0 Å². The maximum Gasteiger partial charge on any atom is 0.270 e. The molecule has 1 aromatic heterocycles. The number of anilines is 1. The summed E-state index contributed by atoms with van der Waals surface area (Å²) in [6, 6.07) is 1.75. The number of nitrogens with two attached hydrogens (primary N) is 1. The zero-order valence-electron chi connectivity index (χ0n) is 16.3. The van der Waals surface area contributed by atoms with Gasteiger partial charge >= 0.3 is 0 Å². The number of hydrogen-bond donors (Lipinski definition) is 2. The van der Waals surface area contributed by atoms with Crippen molar-refractivity contribution in [3.63, 3.8) is 0 Å². The number of fused-ring (bicyclic) bond motifs is 1. The van der Waals surface area contributed by atoms with Crippen LogP contribution in [0.5, 0.6) is 0 Å². The van der Waals surface area contributed by atoms with Gasteiger partial charge in [-0.15, -0.1) is 0 Å². The van der Waals surface area contributed by atoms with E-state index in [0.717, 1.165) is 31.5 Å². The molecule has 2 amide bonds. The van der Waals surface area contributed by atoms with Gasteiger partial charge in [0.15, 0.2) is 0 Å². The molecule has 148 valence electrons. The SMILES string of the molecule is COCC(=O)N1C[C@@H]2CCC[C@H](NC(=O)c3cc(C(C)C)nc(N)n3)[C@@H]2C1. The van der Waals surface area contributed by atoms with Gasteiger partial charge in [-0.3, -0.25) is 9.59 Å². The Kier molecular flexibility index (Phi) is 5.94. The minimum absolute atomic E-state index is 0.0159. The summed E-state index contributed by atoms with van der Waals surface area (Å²) in [5, 5.41) is 3.14. The summed E-state index contributed by atoms with van der Waals surface area (Å²) in [6.07, 6.45) is 3.05. The van der Waals surface area contributed by atoms with Gasteiger partial charge in [-0.05, 0) is 30.7 Å². The molecular weight excluding hydrogens is 346 g/mol. The van der Waals surface area contributed by atoms with Gasteiger partial charge in [-0.1, -0.05) is 20.3 Å². The molecule has 1 saturated heterocycles. The minimum Gasteiger partial charge on any atom is -0.375 e. The van der Waals surface area contributed by atoms with E-state index < -0.39 is 0 Å². The van der Waals surface area contributed by atoms with E-state index in [2.05, 4.69) is 15.3 Å². The van der Waals surface area contributed by atoms with Crippen molar-refractivity contribution >= 4 is 17.8 Å². The predicted octanol–water partition coefficient (Wildman–Crippen LogP) is 1.19. The molecule has 0 radical (unpaired) electrons. The Labute approximate surface area is 159 Å². The molecule has 3 atom stereocenters. The number of nitrogen functional groups attached to an aromatic ring is 1. The third-order valence-corrected chi connectivity index (χ3v) is 5.62. The van der Waals surface area contributed by atoms with Crippen LogP contribution in [0.2, 0.25) is 0 Å². The van der Waals surface area contributed by atoms with E-state index in [1.807, 2.05) is 18.7 Å². The Bertz CT molecular complexity index is 709. The summed E-state index contributed by atoms with van der Waals surface area (Å²) in [5.41, 5.74) is 6.84. The smallest absolute Gasteiger partial charge is 0.270 e. The monoisotopic (exact) mass is 375 g/mol. The highest BCUT2D eigenvalue weighted by molar-refractivity contribution is 5.92. The van der Waals surface area contributed by atoms with Gasteiger partial charge in [0, 0.05) is 37.9 Å². The predicted molar refractivity (Wildman–Crippen MR) is 101 cm³/mol. The Morgan fingerprint density at radius 2 is 2.11 bits per heavy atom. The van der Waals surface area contributed by atoms with Crippen LogP contribution in [0.4, 0.5) is 5.95 Å². The van der Waals surface area contributed by atoms with Crippen LogP contribution in [-0.2, 0) is 9.53 Å². The normalized spacial score (nSPS) is 24.7. The summed E-state index contributed by atoms with van der Waals surface area (Å²) in [5.74, 6) is 0.764. The molecule has 1 aliphatic heterocycles. The molecule has 2 heterocycles. The van der Waals surface area contributed by atoms with Crippen LogP contribution in [0.15, 0.2) is 6.07 Å². The molecule has 2 aliphatic rings. The number of rotatable bonds is 5. The highest BCUT2D eigenvalue weighted by Crippen LogP contribution is 2.36. The molecule has 0 bridgehead atoms. The molecular formula is C19H29N5O3. The lowest BCUT2D eigenvalue weighted by Gasteiger charge is -2.33. The molecule has 8 nitrogen and oxygen atoms in total. The number of likely N-dealkylation sites (tertiary alicyclic amines) is 1. The summed E-state index contributed by atoms with van der Waals surface area (Å²) in [4.78, 5) is 35.1. The minimum atomic E-state index is -0.224. The highest BCUT2D eigenvalue weighted by Gasteiger charge is 2.42. The maximum absolute atomic E-state index is 12.8. The van der Waals surface area contributed by atoms with Crippen molar-refractivity contribution in [2.24, 2.45) is 11.8 Å². The lowest BCUT2D eigenvalue weighted by atomic mass is 9.78. The first-order valence-corrected chi connectivity index (χ1v) is 9.61. The molecule has 8 heteroatoms. The van der Waals surface area contributed by atoms with Crippen molar-refractivity contribution < 1.29 is 14.3 Å². The summed E-state index contributed by atoms with van der Waals surface area (Å²) >= 11 is 0. The van der Waals surface area contributed by atoms with Crippen LogP contribution in [-0.4, -0.2) is 59.5 Å². The topological polar surface area (TPSA) is 110 Å². The maximum atomic E-state index is 12.8. The van der Waals surface area contributed by atoms with Crippen molar-refractivity contribution in [1.29, 1.82) is 0 Å². The van der Waals surface area contributed by atoms with Crippen molar-refractivity contribution in [2.45, 2.75) is 45.1 Å². The van der Waals surface area contributed by atoms with Gasteiger partial charge in [0.2, 0.25) is 11.9 Å². The van der Waals surface area contributed by atoms with Gasteiger partial charge in [0.25, 0.3) is 5.91 Å². The van der Waals surface area contributed by atoms with E-state index >= 15 is 0 Å². The lowest BCUT2D eigenvalue weighted by Crippen LogP contribution is -2.45. The molecule has 3 N–H and O–H groups in total. The number of amides is 2. The van der Waals surface area contributed by atoms with Crippen LogP contribution < -0.4 is 11.1 Å². The first kappa shape index (κ1) is 19.5. The molecule has 27 heavy (non-hydrogen) atoms. The molecule has 0 spiro atoms. The van der Waals surface area contributed by atoms with E-state index in [1.165, 1.54) is 7.11 Å². The Hall–Kier alpha value is -2.22. The van der Waals surface area contributed by atoms with E-state index in [9.17, 15) is 9.59 Å². The third-order valence-electron chi connectivity index (χ3n) is 5.62. The number of carbonyl (C=O) groups excluding carboxylic acids is 2. The first-order chi connectivity index (χ1) is 12.9. The fourth-order valence-corrected chi connectivity index (χ4v) is 4.21. The van der Waals surface area contributed by atoms with Crippen molar-refractivity contribution in [2.75, 3.05) is 32.5 Å². The Morgan fingerprint density at radius 3 is 2.81 bits per heavy atom. The van der Waals surface area contributed by atoms with E-state index in [0.29, 0.717) is 18.2 Å². The first-order valence-electron chi connectivity index (χ1n) is 9.61. The van der Waals surface area contributed by atoms with Crippen molar-refractivity contribution in [3.05, 3.63) is 17.5 Å². The average molecular weight is 375 g/mol. The number of ether oxygens (including phenoxy) is 1. The number of nitrogens with one attached hydrogen (secondary N) is 1. The standard InChI is InChI=1S/C19H29N5O3/c1-11(2)15-7-16(23-19(20)22-15)18(26)21-14-6-4-5-12-8-24(9-13(12)14)17(25)10-27-3/h7,11-14H,4-6,8-10H2,1-3H3,(H,21,26)(H2,20,22,23)/t12-,13+,14-/m0/s1.